The number of rotatable bonds is 3. The number of benzene rings is 2. The van der Waals surface area contributed by atoms with Gasteiger partial charge < -0.3 is 5.32 Å². The maximum atomic E-state index is 4.80. The fraction of sp³-hybridized carbons (Fsp3) is 0.312. The van der Waals surface area contributed by atoms with Crippen LogP contribution in [0.4, 0.5) is 5.13 Å². The second-order valence-corrected chi connectivity index (χ2v) is 6.20. The molecule has 1 heterocycles. The molecule has 0 amide bonds. The van der Waals surface area contributed by atoms with Crippen molar-refractivity contribution in [3.05, 3.63) is 35.4 Å². The first-order valence-corrected chi connectivity index (χ1v) is 7.76. The lowest BCUT2D eigenvalue weighted by Crippen LogP contribution is -1.98. The maximum Gasteiger partial charge on any atom is 0.183 e. The van der Waals surface area contributed by atoms with E-state index >= 15 is 0 Å². The lowest BCUT2D eigenvalue weighted by Gasteiger charge is -2.02. The van der Waals surface area contributed by atoms with E-state index in [1.54, 1.807) is 11.3 Å². The molecule has 1 aromatic heterocycles. The average Bonchev–Trinajstić information content (AvgIpc) is 3.02. The highest BCUT2D eigenvalue weighted by molar-refractivity contribution is 7.22. The molecule has 0 radical (unpaired) electrons. The van der Waals surface area contributed by atoms with Crippen molar-refractivity contribution in [3.63, 3.8) is 0 Å². The molecule has 0 saturated carbocycles. The number of thiazole rings is 1. The zero-order valence-electron chi connectivity index (χ0n) is 11.0. The van der Waals surface area contributed by atoms with Gasteiger partial charge >= 0.3 is 0 Å². The first-order chi connectivity index (χ1) is 9.36. The summed E-state index contributed by atoms with van der Waals surface area (Å²) in [5.41, 5.74) is 4.17. The number of nitrogens with one attached hydrogen (secondary N) is 1. The molecule has 3 heteroatoms. The van der Waals surface area contributed by atoms with Crippen molar-refractivity contribution in [2.75, 3.05) is 11.9 Å². The Morgan fingerprint density at radius 2 is 2.16 bits per heavy atom. The van der Waals surface area contributed by atoms with E-state index in [1.807, 2.05) is 0 Å². The molecular formula is C16H16N2S. The van der Waals surface area contributed by atoms with E-state index < -0.39 is 0 Å². The van der Waals surface area contributed by atoms with Crippen molar-refractivity contribution < 1.29 is 0 Å². The summed E-state index contributed by atoms with van der Waals surface area (Å²) in [5.74, 6) is 0. The molecule has 19 heavy (non-hydrogen) atoms. The van der Waals surface area contributed by atoms with Gasteiger partial charge in [-0.2, -0.15) is 0 Å². The van der Waals surface area contributed by atoms with Crippen molar-refractivity contribution in [2.24, 2.45) is 0 Å². The molecule has 0 unspecified atom stereocenters. The molecule has 3 aromatic rings. The van der Waals surface area contributed by atoms with E-state index in [4.69, 9.17) is 4.98 Å². The number of anilines is 1. The molecular weight excluding hydrogens is 252 g/mol. The number of hydrogen-bond donors (Lipinski definition) is 1. The van der Waals surface area contributed by atoms with Crippen LogP contribution in [0.3, 0.4) is 0 Å². The van der Waals surface area contributed by atoms with Gasteiger partial charge in [0.15, 0.2) is 5.13 Å². The molecule has 0 saturated heterocycles. The quantitative estimate of drug-likeness (QED) is 0.763. The largest absolute Gasteiger partial charge is 0.361 e. The normalized spacial score (nSPS) is 13.5. The van der Waals surface area contributed by atoms with Gasteiger partial charge in [0, 0.05) is 11.9 Å². The van der Waals surface area contributed by atoms with Crippen LogP contribution in [-0.4, -0.2) is 11.5 Å². The number of fused-ring (bicyclic) bond motifs is 2. The number of nitrogens with zero attached hydrogens (tertiary/aromatic N) is 1. The van der Waals surface area contributed by atoms with Gasteiger partial charge in [0.25, 0.3) is 0 Å². The van der Waals surface area contributed by atoms with Crippen LogP contribution in [0.2, 0.25) is 0 Å². The lowest BCUT2D eigenvalue weighted by molar-refractivity contribution is 0.977. The van der Waals surface area contributed by atoms with Gasteiger partial charge in [-0.15, -0.1) is 0 Å². The second-order valence-electron chi connectivity index (χ2n) is 5.17. The van der Waals surface area contributed by atoms with Gasteiger partial charge in [0.05, 0.1) is 10.2 Å². The van der Waals surface area contributed by atoms with Crippen LogP contribution in [0.5, 0.6) is 0 Å². The van der Waals surface area contributed by atoms with Crippen molar-refractivity contribution in [2.45, 2.75) is 26.2 Å². The predicted molar refractivity (Wildman–Crippen MR) is 83.3 cm³/mol. The predicted octanol–water partition coefficient (Wildman–Crippen LogP) is 4.37. The van der Waals surface area contributed by atoms with Crippen LogP contribution in [0.1, 0.15) is 24.5 Å². The SMILES string of the molecule is CCCNc1nc2c(cc3c4c(cccc42)CC3)s1. The Labute approximate surface area is 116 Å². The Morgan fingerprint density at radius 3 is 3.05 bits per heavy atom. The summed E-state index contributed by atoms with van der Waals surface area (Å²) in [5, 5.41) is 7.26. The second kappa shape index (κ2) is 4.20. The third kappa shape index (κ3) is 1.65. The van der Waals surface area contributed by atoms with Crippen molar-refractivity contribution >= 4 is 37.5 Å². The number of aryl methyl sites for hydroxylation is 2. The van der Waals surface area contributed by atoms with Gasteiger partial charge in [0.2, 0.25) is 0 Å². The van der Waals surface area contributed by atoms with Crippen LogP contribution < -0.4 is 5.32 Å². The molecule has 0 atom stereocenters. The fourth-order valence-electron chi connectivity index (χ4n) is 3.01. The zero-order chi connectivity index (χ0) is 12.8. The smallest absolute Gasteiger partial charge is 0.183 e. The highest BCUT2D eigenvalue weighted by atomic mass is 32.1. The van der Waals surface area contributed by atoms with Crippen LogP contribution in [0, 0.1) is 0 Å². The van der Waals surface area contributed by atoms with Crippen LogP contribution >= 0.6 is 11.3 Å². The molecule has 1 N–H and O–H groups in total. The third-order valence-electron chi connectivity index (χ3n) is 3.88. The summed E-state index contributed by atoms with van der Waals surface area (Å²) >= 11 is 1.78. The molecule has 1 aliphatic rings. The third-order valence-corrected chi connectivity index (χ3v) is 4.84. The van der Waals surface area contributed by atoms with Crippen molar-refractivity contribution in [3.8, 4) is 0 Å². The van der Waals surface area contributed by atoms with E-state index in [9.17, 15) is 0 Å². The first kappa shape index (κ1) is 11.2. The minimum atomic E-state index is 0.996. The monoisotopic (exact) mass is 268 g/mol. The molecule has 2 aromatic carbocycles. The van der Waals surface area contributed by atoms with E-state index in [-0.39, 0.29) is 0 Å². The fourth-order valence-corrected chi connectivity index (χ4v) is 3.99. The number of hydrogen-bond acceptors (Lipinski definition) is 3. The van der Waals surface area contributed by atoms with Crippen LogP contribution in [-0.2, 0) is 12.8 Å². The van der Waals surface area contributed by atoms with Gasteiger partial charge in [-0.1, -0.05) is 36.5 Å². The highest BCUT2D eigenvalue weighted by Crippen LogP contribution is 2.38. The van der Waals surface area contributed by atoms with E-state index in [0.29, 0.717) is 0 Å². The summed E-state index contributed by atoms with van der Waals surface area (Å²) in [6.07, 6.45) is 3.50. The van der Waals surface area contributed by atoms with E-state index in [1.165, 1.54) is 45.0 Å². The molecule has 0 fully saturated rings. The topological polar surface area (TPSA) is 24.9 Å². The molecule has 2 nitrogen and oxygen atoms in total. The Hall–Kier alpha value is -1.61. The van der Waals surface area contributed by atoms with Crippen LogP contribution in [0.25, 0.3) is 21.0 Å². The molecule has 1 aliphatic carbocycles. The Kier molecular flexibility index (Phi) is 2.49. The van der Waals surface area contributed by atoms with Gasteiger partial charge in [-0.05, 0) is 41.8 Å². The summed E-state index contributed by atoms with van der Waals surface area (Å²) in [4.78, 5) is 4.80. The summed E-state index contributed by atoms with van der Waals surface area (Å²) in [7, 11) is 0. The lowest BCUT2D eigenvalue weighted by atomic mass is 10.0. The summed E-state index contributed by atoms with van der Waals surface area (Å²) < 4.78 is 1.32. The average molecular weight is 268 g/mol. The minimum Gasteiger partial charge on any atom is -0.361 e. The van der Waals surface area contributed by atoms with Crippen molar-refractivity contribution in [1.29, 1.82) is 0 Å². The Balaban J connectivity index is 1.99. The van der Waals surface area contributed by atoms with Gasteiger partial charge in [-0.3, -0.25) is 0 Å². The highest BCUT2D eigenvalue weighted by Gasteiger charge is 2.18. The van der Waals surface area contributed by atoms with E-state index in [2.05, 4.69) is 36.5 Å². The Bertz CT molecular complexity index is 773. The number of aromatic nitrogens is 1. The molecule has 96 valence electrons. The first-order valence-electron chi connectivity index (χ1n) is 6.94. The molecule has 0 bridgehead atoms. The molecule has 0 spiro atoms. The van der Waals surface area contributed by atoms with Gasteiger partial charge in [-0.25, -0.2) is 4.98 Å². The Morgan fingerprint density at radius 1 is 1.26 bits per heavy atom. The van der Waals surface area contributed by atoms with Crippen LogP contribution in [0.15, 0.2) is 24.3 Å². The molecule has 4 rings (SSSR count). The van der Waals surface area contributed by atoms with Gasteiger partial charge in [0.1, 0.15) is 0 Å². The summed E-state index contributed by atoms with van der Waals surface area (Å²) in [6.45, 7) is 3.17. The van der Waals surface area contributed by atoms with E-state index in [0.717, 1.165) is 18.1 Å². The standard InChI is InChI=1S/C16H16N2S/c1-2-8-17-16-18-15-12-5-3-4-10-6-7-11(14(10)12)9-13(15)19-16/h3-5,9H,2,6-8H2,1H3,(H,17,18). The maximum absolute atomic E-state index is 4.80. The minimum absolute atomic E-state index is 0.996. The van der Waals surface area contributed by atoms with Crippen molar-refractivity contribution in [1.82, 2.24) is 4.98 Å². The summed E-state index contributed by atoms with van der Waals surface area (Å²) in [6, 6.07) is 9.00. The molecule has 0 aliphatic heterocycles. The zero-order valence-corrected chi connectivity index (χ0v) is 11.8.